The third-order valence-corrected chi connectivity index (χ3v) is 5.58. The van der Waals surface area contributed by atoms with E-state index in [1.54, 1.807) is 13.8 Å². The van der Waals surface area contributed by atoms with Crippen molar-refractivity contribution in [3.63, 3.8) is 0 Å². The molecule has 0 heterocycles. The predicted molar refractivity (Wildman–Crippen MR) is 97.1 cm³/mol. The van der Waals surface area contributed by atoms with Crippen LogP contribution >= 0.6 is 0 Å². The van der Waals surface area contributed by atoms with Crippen LogP contribution in [0.5, 0.6) is 0 Å². The molecule has 1 saturated carbocycles. The van der Waals surface area contributed by atoms with Crippen molar-refractivity contribution in [1.29, 1.82) is 0 Å². The van der Waals surface area contributed by atoms with Crippen LogP contribution in [0, 0.1) is 11.8 Å². The van der Waals surface area contributed by atoms with E-state index in [-0.39, 0.29) is 17.5 Å². The van der Waals surface area contributed by atoms with Crippen LogP contribution in [0.25, 0.3) is 0 Å². The fourth-order valence-electron chi connectivity index (χ4n) is 4.04. The molecule has 0 amide bonds. The normalized spacial score (nSPS) is 29.4. The van der Waals surface area contributed by atoms with E-state index in [1.165, 1.54) is 0 Å². The first kappa shape index (κ1) is 17.6. The van der Waals surface area contributed by atoms with Crippen molar-refractivity contribution >= 4 is 11.6 Å². The maximum absolute atomic E-state index is 13.1. The summed E-state index contributed by atoms with van der Waals surface area (Å²) in [5, 5.41) is 11.5. The molecule has 1 N–H and O–H groups in total. The van der Waals surface area contributed by atoms with Crippen LogP contribution in [-0.4, -0.2) is 16.7 Å². The van der Waals surface area contributed by atoms with Crippen LogP contribution in [0.4, 0.5) is 0 Å². The van der Waals surface area contributed by atoms with E-state index in [2.05, 4.69) is 0 Å². The molecule has 0 radical (unpaired) electrons. The SMILES string of the molecule is CCC(=O)[C@@H]1C(=O)[C@H](C)[C@@](O)(c2ccccc2)C[C@H]1c1ccccc1. The third-order valence-electron chi connectivity index (χ3n) is 5.58. The molecule has 0 aromatic heterocycles. The van der Waals surface area contributed by atoms with Gasteiger partial charge in [0.2, 0.25) is 0 Å². The second-order valence-electron chi connectivity index (χ2n) is 6.93. The molecule has 0 unspecified atom stereocenters. The molecular formula is C22H24O3. The standard InChI is InChI=1S/C22H24O3/c1-3-19(23)20-18(16-10-6-4-7-11-16)14-22(25,15(2)21(20)24)17-12-8-5-9-13-17/h4-13,15,18,20,25H,3,14H2,1-2H3/t15-,18-,20+,22+/m0/s1. The molecule has 0 bridgehead atoms. The van der Waals surface area contributed by atoms with Crippen molar-refractivity contribution in [1.82, 2.24) is 0 Å². The van der Waals surface area contributed by atoms with Crippen LogP contribution in [-0.2, 0) is 15.2 Å². The minimum absolute atomic E-state index is 0.0409. The lowest BCUT2D eigenvalue weighted by molar-refractivity contribution is -0.151. The summed E-state index contributed by atoms with van der Waals surface area (Å²) in [5.74, 6) is -1.79. The highest BCUT2D eigenvalue weighted by Crippen LogP contribution is 2.49. The van der Waals surface area contributed by atoms with E-state index in [1.807, 2.05) is 60.7 Å². The smallest absolute Gasteiger partial charge is 0.149 e. The molecule has 3 heteroatoms. The van der Waals surface area contributed by atoms with Gasteiger partial charge in [0.15, 0.2) is 0 Å². The van der Waals surface area contributed by atoms with E-state index in [0.717, 1.165) is 11.1 Å². The maximum Gasteiger partial charge on any atom is 0.149 e. The van der Waals surface area contributed by atoms with Gasteiger partial charge in [0.25, 0.3) is 0 Å². The Morgan fingerprint density at radius 1 is 1.08 bits per heavy atom. The fourth-order valence-corrected chi connectivity index (χ4v) is 4.04. The summed E-state index contributed by atoms with van der Waals surface area (Å²) < 4.78 is 0. The summed E-state index contributed by atoms with van der Waals surface area (Å²) in [6.45, 7) is 3.53. The van der Waals surface area contributed by atoms with Gasteiger partial charge in [0.1, 0.15) is 11.6 Å². The van der Waals surface area contributed by atoms with Crippen LogP contribution in [0.1, 0.15) is 43.7 Å². The summed E-state index contributed by atoms with van der Waals surface area (Å²) >= 11 is 0. The molecule has 1 aliphatic rings. The van der Waals surface area contributed by atoms with Gasteiger partial charge in [0.05, 0.1) is 11.5 Å². The van der Waals surface area contributed by atoms with Gasteiger partial charge < -0.3 is 5.11 Å². The number of ketones is 2. The average molecular weight is 336 g/mol. The Kier molecular flexibility index (Phi) is 4.87. The number of aliphatic hydroxyl groups is 1. The van der Waals surface area contributed by atoms with Gasteiger partial charge in [-0.3, -0.25) is 9.59 Å². The van der Waals surface area contributed by atoms with Gasteiger partial charge in [-0.05, 0) is 17.5 Å². The van der Waals surface area contributed by atoms with Crippen molar-refractivity contribution in [2.75, 3.05) is 0 Å². The quantitative estimate of drug-likeness (QED) is 0.863. The lowest BCUT2D eigenvalue weighted by Crippen LogP contribution is -2.50. The minimum atomic E-state index is -1.26. The van der Waals surface area contributed by atoms with E-state index in [0.29, 0.717) is 12.8 Å². The van der Waals surface area contributed by atoms with Gasteiger partial charge in [-0.25, -0.2) is 0 Å². The summed E-state index contributed by atoms with van der Waals surface area (Å²) in [6.07, 6.45) is 0.695. The zero-order chi connectivity index (χ0) is 18.0. The lowest BCUT2D eigenvalue weighted by Gasteiger charge is -2.45. The molecule has 3 nitrogen and oxygen atoms in total. The first-order valence-corrected chi connectivity index (χ1v) is 8.88. The molecule has 0 spiro atoms. The van der Waals surface area contributed by atoms with Gasteiger partial charge >= 0.3 is 0 Å². The third kappa shape index (κ3) is 3.05. The highest BCUT2D eigenvalue weighted by molar-refractivity contribution is 6.05. The number of rotatable bonds is 4. The highest BCUT2D eigenvalue weighted by atomic mass is 16.3. The molecule has 0 aliphatic heterocycles. The largest absolute Gasteiger partial charge is 0.384 e. The van der Waals surface area contributed by atoms with Crippen molar-refractivity contribution in [2.24, 2.45) is 11.8 Å². The second-order valence-corrected chi connectivity index (χ2v) is 6.93. The van der Waals surface area contributed by atoms with E-state index in [4.69, 9.17) is 0 Å². The number of hydrogen-bond donors (Lipinski definition) is 1. The van der Waals surface area contributed by atoms with Gasteiger partial charge in [0, 0.05) is 18.3 Å². The van der Waals surface area contributed by atoms with E-state index in [9.17, 15) is 14.7 Å². The number of benzene rings is 2. The Morgan fingerprint density at radius 3 is 2.20 bits per heavy atom. The lowest BCUT2D eigenvalue weighted by atomic mass is 9.60. The zero-order valence-corrected chi connectivity index (χ0v) is 14.7. The minimum Gasteiger partial charge on any atom is -0.384 e. The Labute approximate surface area is 148 Å². The topological polar surface area (TPSA) is 54.4 Å². The van der Waals surface area contributed by atoms with Crippen LogP contribution in [0.15, 0.2) is 60.7 Å². The average Bonchev–Trinajstić information content (AvgIpc) is 2.66. The Morgan fingerprint density at radius 2 is 1.64 bits per heavy atom. The maximum atomic E-state index is 13.1. The molecule has 4 atom stereocenters. The molecule has 2 aromatic rings. The predicted octanol–water partition coefficient (Wildman–Crippen LogP) is 3.86. The second kappa shape index (κ2) is 6.93. The van der Waals surface area contributed by atoms with E-state index < -0.39 is 17.4 Å². The van der Waals surface area contributed by atoms with Gasteiger partial charge in [-0.15, -0.1) is 0 Å². The van der Waals surface area contributed by atoms with Crippen LogP contribution in [0.2, 0.25) is 0 Å². The van der Waals surface area contributed by atoms with Gasteiger partial charge in [-0.1, -0.05) is 74.5 Å². The summed E-state index contributed by atoms with van der Waals surface area (Å²) in [5.41, 5.74) is 0.409. The fraction of sp³-hybridized carbons (Fsp3) is 0.364. The van der Waals surface area contributed by atoms with E-state index >= 15 is 0 Å². The Bertz CT molecular complexity index is 753. The molecule has 3 rings (SSSR count). The van der Waals surface area contributed by atoms with Crippen LogP contribution in [0.3, 0.4) is 0 Å². The molecule has 25 heavy (non-hydrogen) atoms. The number of hydrogen-bond acceptors (Lipinski definition) is 3. The molecule has 1 aliphatic carbocycles. The van der Waals surface area contributed by atoms with Gasteiger partial charge in [-0.2, -0.15) is 0 Å². The summed E-state index contributed by atoms with van der Waals surface area (Å²) in [4.78, 5) is 25.7. The van der Waals surface area contributed by atoms with Crippen molar-refractivity contribution in [2.45, 2.75) is 38.2 Å². The molecule has 130 valence electrons. The zero-order valence-electron chi connectivity index (χ0n) is 14.7. The number of carbonyl (C=O) groups is 2. The summed E-state index contributed by atoms with van der Waals surface area (Å²) in [7, 11) is 0. The number of Topliss-reactive ketones (excluding diaryl/α,β-unsaturated/α-hetero) is 2. The molecule has 1 fully saturated rings. The first-order chi connectivity index (χ1) is 12.0. The Hall–Kier alpha value is -2.26. The molecular weight excluding hydrogens is 312 g/mol. The van der Waals surface area contributed by atoms with Crippen LogP contribution < -0.4 is 0 Å². The molecule has 2 aromatic carbocycles. The molecule has 0 saturated heterocycles. The highest BCUT2D eigenvalue weighted by Gasteiger charge is 2.52. The van der Waals surface area contributed by atoms with Crippen molar-refractivity contribution < 1.29 is 14.7 Å². The monoisotopic (exact) mass is 336 g/mol. The Balaban J connectivity index is 2.09. The van der Waals surface area contributed by atoms with Crippen molar-refractivity contribution in [3.8, 4) is 0 Å². The summed E-state index contributed by atoms with van der Waals surface area (Å²) in [6, 6.07) is 18.9. The van der Waals surface area contributed by atoms with Crippen molar-refractivity contribution in [3.05, 3.63) is 71.8 Å². The first-order valence-electron chi connectivity index (χ1n) is 8.88. The number of carbonyl (C=O) groups excluding carboxylic acids is 2.